The van der Waals surface area contributed by atoms with E-state index >= 15 is 0 Å². The van der Waals surface area contributed by atoms with Gasteiger partial charge in [-0.05, 0) is 31.4 Å². The Morgan fingerprint density at radius 1 is 0.982 bits per heavy atom. The Morgan fingerprint density at radius 2 is 1.69 bits per heavy atom. The van der Waals surface area contributed by atoms with Gasteiger partial charge in [0.2, 0.25) is 11.8 Å². The van der Waals surface area contributed by atoms with Gasteiger partial charge in [0.25, 0.3) is 11.5 Å². The molecule has 55 heavy (non-hydrogen) atoms. The highest BCUT2D eigenvalue weighted by Crippen LogP contribution is 2.46. The summed E-state index contributed by atoms with van der Waals surface area (Å²) in [5.74, 6) is -3.57. The number of hydrogen-bond donors (Lipinski definition) is 4. The normalized spacial score (nSPS) is 21.6. The van der Waals surface area contributed by atoms with Gasteiger partial charge in [-0.1, -0.05) is 65.7 Å². The number of rotatable bonds is 11. The molecular formula is C39H38Cl2F2N8O4. The molecule has 5 aromatic rings. The minimum Gasteiger partial charge on any atom is -0.481 e. The lowest BCUT2D eigenvalue weighted by atomic mass is 9.71. The van der Waals surface area contributed by atoms with Gasteiger partial charge in [-0.2, -0.15) is 13.9 Å². The van der Waals surface area contributed by atoms with Crippen LogP contribution in [0.25, 0.3) is 39.0 Å². The number of carbonyl (C=O) groups is 2. The standard InChI is InChI=1S/C39H38Cl2F2N8O4/c1-50-31(18-45-24-14-38(15-24)20-39(42,43)37(54)48-38)49-51-19-22(13-30(51)36(50)53)25-5-3-6-26(33(25)40)27-7-4-8-28(34(27)41)29-11-9-21(35(47-29)55-2)16-44-17-23-10-12-32(52)46-23/h3-9,11,13,19,23-24,44-45H,10,12,14-18,20H2,1-2H3,(H,46,52)(H,48,54)/t23-,24?,38?/m0/s1. The predicted octanol–water partition coefficient (Wildman–Crippen LogP) is 5.26. The Labute approximate surface area is 324 Å². The molecule has 0 radical (unpaired) electrons. The third-order valence-corrected chi connectivity index (χ3v) is 11.6. The minimum atomic E-state index is -3.34. The number of pyridine rings is 1. The van der Waals surface area contributed by atoms with Crippen molar-refractivity contribution in [1.82, 2.24) is 40.4 Å². The van der Waals surface area contributed by atoms with E-state index in [1.165, 1.54) is 9.08 Å². The molecular weight excluding hydrogens is 753 g/mol. The fraction of sp³-hybridized carbons (Fsp3) is 0.359. The zero-order valence-electron chi connectivity index (χ0n) is 30.0. The zero-order valence-corrected chi connectivity index (χ0v) is 31.5. The highest BCUT2D eigenvalue weighted by Gasteiger charge is 2.60. The van der Waals surface area contributed by atoms with Crippen molar-refractivity contribution in [2.24, 2.45) is 7.05 Å². The maximum absolute atomic E-state index is 13.8. The average molecular weight is 792 g/mol. The quantitative estimate of drug-likeness (QED) is 0.142. The summed E-state index contributed by atoms with van der Waals surface area (Å²) in [5, 5.41) is 17.7. The van der Waals surface area contributed by atoms with Crippen LogP contribution in [0, 0.1) is 0 Å². The molecule has 1 aliphatic carbocycles. The third-order valence-electron chi connectivity index (χ3n) is 10.8. The van der Waals surface area contributed by atoms with Gasteiger partial charge < -0.3 is 26.0 Å². The third kappa shape index (κ3) is 6.96. The Kier molecular flexibility index (Phi) is 9.64. The fourth-order valence-corrected chi connectivity index (χ4v) is 8.57. The number of methoxy groups -OCH3 is 1. The van der Waals surface area contributed by atoms with Crippen molar-refractivity contribution in [1.29, 1.82) is 0 Å². The van der Waals surface area contributed by atoms with Crippen molar-refractivity contribution in [2.75, 3.05) is 13.7 Å². The molecule has 2 saturated heterocycles. The van der Waals surface area contributed by atoms with Crippen LogP contribution < -0.4 is 31.6 Å². The number of amides is 2. The van der Waals surface area contributed by atoms with Crippen LogP contribution in [-0.2, 0) is 29.7 Å². The lowest BCUT2D eigenvalue weighted by Gasteiger charge is -2.45. The SMILES string of the molecule is COc1nc(-c2cccc(-c3cccc(-c4cc5c(=O)n(C)c(CNC6CC7(C6)CC(F)(F)C(=O)N7)nn5c4)c3Cl)c2Cl)ccc1CNC[C@@H]1CCC(=O)N1. The molecule has 16 heteroatoms. The first kappa shape index (κ1) is 37.1. The molecule has 0 bridgehead atoms. The molecule has 0 unspecified atom stereocenters. The molecule has 286 valence electrons. The maximum Gasteiger partial charge on any atom is 0.326 e. The molecule has 1 atom stereocenters. The summed E-state index contributed by atoms with van der Waals surface area (Å²) in [6.07, 6.45) is 3.35. The van der Waals surface area contributed by atoms with Crippen molar-refractivity contribution in [2.45, 2.75) is 68.7 Å². The number of aromatic nitrogens is 4. The highest BCUT2D eigenvalue weighted by atomic mass is 35.5. The van der Waals surface area contributed by atoms with Crippen molar-refractivity contribution in [3.8, 4) is 39.4 Å². The Hall–Kier alpha value is -4.89. The Bertz CT molecular complexity index is 2410. The number of alkyl halides is 2. The van der Waals surface area contributed by atoms with Crippen LogP contribution in [-0.4, -0.2) is 68.2 Å². The van der Waals surface area contributed by atoms with Crippen LogP contribution in [0.1, 0.15) is 43.5 Å². The van der Waals surface area contributed by atoms with E-state index in [-0.39, 0.29) is 30.1 Å². The van der Waals surface area contributed by atoms with Gasteiger partial charge in [0.1, 0.15) is 11.3 Å². The topological polar surface area (TPSA) is 144 Å². The van der Waals surface area contributed by atoms with Gasteiger partial charge in [0.05, 0.1) is 29.4 Å². The number of nitrogens with zero attached hydrogens (tertiary/aromatic N) is 4. The van der Waals surface area contributed by atoms with Crippen LogP contribution in [0.3, 0.4) is 0 Å². The van der Waals surface area contributed by atoms with Gasteiger partial charge in [-0.15, -0.1) is 0 Å². The van der Waals surface area contributed by atoms with E-state index in [9.17, 15) is 23.2 Å². The summed E-state index contributed by atoms with van der Waals surface area (Å²) in [4.78, 5) is 41.4. The van der Waals surface area contributed by atoms with Gasteiger partial charge in [-0.3, -0.25) is 19.0 Å². The maximum atomic E-state index is 13.8. The number of nitrogens with one attached hydrogen (secondary N) is 4. The molecule has 1 saturated carbocycles. The van der Waals surface area contributed by atoms with Gasteiger partial charge in [-0.25, -0.2) is 9.50 Å². The van der Waals surface area contributed by atoms with E-state index < -0.39 is 23.8 Å². The Balaban J connectivity index is 1.01. The molecule has 2 aliphatic heterocycles. The summed E-state index contributed by atoms with van der Waals surface area (Å²) in [6.45, 7) is 1.39. The van der Waals surface area contributed by atoms with Crippen molar-refractivity contribution >= 4 is 40.5 Å². The van der Waals surface area contributed by atoms with Crippen molar-refractivity contribution in [3.05, 3.63) is 92.6 Å². The summed E-state index contributed by atoms with van der Waals surface area (Å²) in [7, 11) is 3.20. The molecule has 4 N–H and O–H groups in total. The number of carbonyl (C=O) groups excluding carboxylic acids is 2. The molecule has 3 aliphatic rings. The smallest absolute Gasteiger partial charge is 0.326 e. The van der Waals surface area contributed by atoms with Crippen LogP contribution in [0.5, 0.6) is 5.88 Å². The second kappa shape index (κ2) is 14.3. The molecule has 3 fully saturated rings. The molecule has 1 spiro atoms. The van der Waals surface area contributed by atoms with Crippen LogP contribution in [0.2, 0.25) is 10.0 Å². The molecule has 2 aromatic carbocycles. The first-order valence-electron chi connectivity index (χ1n) is 18.0. The fourth-order valence-electron chi connectivity index (χ4n) is 7.91. The predicted molar refractivity (Wildman–Crippen MR) is 204 cm³/mol. The second-order valence-electron chi connectivity index (χ2n) is 14.6. The number of fused-ring (bicyclic) bond motifs is 1. The van der Waals surface area contributed by atoms with E-state index in [1.54, 1.807) is 26.4 Å². The number of halogens is 4. The first-order chi connectivity index (χ1) is 26.3. The number of benzene rings is 2. The van der Waals surface area contributed by atoms with Gasteiger partial charge in [0, 0.05) is 90.2 Å². The van der Waals surface area contributed by atoms with E-state index in [4.69, 9.17) is 38.0 Å². The number of hydrogen-bond acceptors (Lipinski definition) is 8. The van der Waals surface area contributed by atoms with Gasteiger partial charge >= 0.3 is 5.92 Å². The monoisotopic (exact) mass is 790 g/mol. The molecule has 12 nitrogen and oxygen atoms in total. The highest BCUT2D eigenvalue weighted by molar-refractivity contribution is 6.39. The lowest BCUT2D eigenvalue weighted by Crippen LogP contribution is -2.59. The van der Waals surface area contributed by atoms with Crippen LogP contribution in [0.15, 0.2) is 65.6 Å². The minimum absolute atomic E-state index is 0.0771. The summed E-state index contributed by atoms with van der Waals surface area (Å²) < 4.78 is 36.3. The van der Waals surface area contributed by atoms with Crippen molar-refractivity contribution in [3.63, 3.8) is 0 Å². The molecule has 3 aromatic heterocycles. The molecule has 8 rings (SSSR count). The second-order valence-corrected chi connectivity index (χ2v) is 15.3. The summed E-state index contributed by atoms with van der Waals surface area (Å²) in [5.41, 5.74) is 4.13. The first-order valence-corrected chi connectivity index (χ1v) is 18.7. The molecule has 2 amide bonds. The summed E-state index contributed by atoms with van der Waals surface area (Å²) in [6, 6.07) is 16.9. The number of ether oxygens (including phenoxy) is 1. The van der Waals surface area contributed by atoms with Crippen LogP contribution >= 0.6 is 23.2 Å². The van der Waals surface area contributed by atoms with Gasteiger partial charge in [0.15, 0.2) is 0 Å². The van der Waals surface area contributed by atoms with E-state index in [0.29, 0.717) is 93.1 Å². The lowest BCUT2D eigenvalue weighted by molar-refractivity contribution is -0.139. The van der Waals surface area contributed by atoms with E-state index in [1.807, 2.05) is 48.5 Å². The largest absolute Gasteiger partial charge is 0.481 e. The molecule has 5 heterocycles. The Morgan fingerprint density at radius 3 is 2.36 bits per heavy atom. The summed E-state index contributed by atoms with van der Waals surface area (Å²) >= 11 is 14.2. The van der Waals surface area contributed by atoms with Crippen LogP contribution in [0.4, 0.5) is 8.78 Å². The van der Waals surface area contributed by atoms with E-state index in [2.05, 4.69) is 21.3 Å². The van der Waals surface area contributed by atoms with Crippen molar-refractivity contribution < 1.29 is 23.1 Å². The average Bonchev–Trinajstić information content (AvgIpc) is 3.83. The zero-order chi connectivity index (χ0) is 38.6. The van der Waals surface area contributed by atoms with E-state index in [0.717, 1.165) is 12.0 Å².